The highest BCUT2D eigenvalue weighted by molar-refractivity contribution is 5.35. The molecule has 0 saturated heterocycles. The number of hydrogen-bond donors (Lipinski definition) is 1. The predicted octanol–water partition coefficient (Wildman–Crippen LogP) is 2.22. The first-order chi connectivity index (χ1) is 9.68. The van der Waals surface area contributed by atoms with E-state index in [1.165, 1.54) is 11.4 Å². The molecule has 0 radical (unpaired) electrons. The molecule has 0 aliphatic heterocycles. The molecule has 4 nitrogen and oxygen atoms in total. The lowest BCUT2D eigenvalue weighted by atomic mass is 10.3. The van der Waals surface area contributed by atoms with Gasteiger partial charge in [-0.2, -0.15) is 0 Å². The van der Waals surface area contributed by atoms with E-state index in [0.29, 0.717) is 0 Å². The van der Waals surface area contributed by atoms with Gasteiger partial charge in [0.05, 0.1) is 11.9 Å². The highest BCUT2D eigenvalue weighted by Crippen LogP contribution is 2.14. The monoisotopic (exact) mass is 272 g/mol. The molecule has 2 rings (SSSR count). The third kappa shape index (κ3) is 3.92. The van der Waals surface area contributed by atoms with E-state index in [0.717, 1.165) is 31.9 Å². The molecule has 1 aromatic carbocycles. The van der Waals surface area contributed by atoms with Crippen LogP contribution in [0.3, 0.4) is 0 Å². The minimum Gasteiger partial charge on any atom is -0.311 e. The van der Waals surface area contributed by atoms with Crippen LogP contribution >= 0.6 is 0 Å². The Hall–Kier alpha value is -1.65. The van der Waals surface area contributed by atoms with E-state index >= 15 is 0 Å². The molecule has 0 spiro atoms. The summed E-state index contributed by atoms with van der Waals surface area (Å²) in [6.07, 6.45) is 3.12. The molecule has 4 heteroatoms. The van der Waals surface area contributed by atoms with Crippen molar-refractivity contribution in [3.05, 3.63) is 48.0 Å². The van der Waals surface area contributed by atoms with Crippen LogP contribution in [0.4, 0.5) is 0 Å². The zero-order chi connectivity index (χ0) is 14.4. The summed E-state index contributed by atoms with van der Waals surface area (Å²) in [5, 5.41) is 3.49. The Bertz CT molecular complexity index is 517. The Morgan fingerprint density at radius 1 is 1.20 bits per heavy atom. The summed E-state index contributed by atoms with van der Waals surface area (Å²) >= 11 is 0. The van der Waals surface area contributed by atoms with E-state index < -0.39 is 0 Å². The van der Waals surface area contributed by atoms with Gasteiger partial charge in [-0.3, -0.25) is 4.57 Å². The van der Waals surface area contributed by atoms with Gasteiger partial charge in [-0.1, -0.05) is 18.2 Å². The Morgan fingerprint density at radius 3 is 2.65 bits per heavy atom. The van der Waals surface area contributed by atoms with Crippen LogP contribution in [-0.4, -0.2) is 41.6 Å². The first-order valence-corrected chi connectivity index (χ1v) is 7.12. The summed E-state index contributed by atoms with van der Waals surface area (Å²) in [7, 11) is 4.21. The molecule has 0 atom stereocenters. The lowest BCUT2D eigenvalue weighted by Crippen LogP contribution is -2.22. The van der Waals surface area contributed by atoms with Gasteiger partial charge < -0.3 is 10.2 Å². The maximum atomic E-state index is 4.43. The number of para-hydroxylation sites is 1. The third-order valence-corrected chi connectivity index (χ3v) is 3.29. The van der Waals surface area contributed by atoms with Gasteiger partial charge in [0.2, 0.25) is 0 Å². The fourth-order valence-corrected chi connectivity index (χ4v) is 2.28. The van der Waals surface area contributed by atoms with Crippen LogP contribution in [0.25, 0.3) is 5.69 Å². The summed E-state index contributed by atoms with van der Waals surface area (Å²) in [5.74, 6) is 1.03. The summed E-state index contributed by atoms with van der Waals surface area (Å²) in [5.41, 5.74) is 2.38. The fourth-order valence-electron chi connectivity index (χ4n) is 2.28. The van der Waals surface area contributed by atoms with Gasteiger partial charge in [0.25, 0.3) is 0 Å². The van der Waals surface area contributed by atoms with E-state index in [4.69, 9.17) is 0 Å². The van der Waals surface area contributed by atoms with Gasteiger partial charge in [-0.15, -0.1) is 0 Å². The maximum absolute atomic E-state index is 4.43. The molecule has 108 valence electrons. The molecule has 0 saturated carbocycles. The van der Waals surface area contributed by atoms with Crippen molar-refractivity contribution in [2.75, 3.05) is 27.2 Å². The second-order valence-corrected chi connectivity index (χ2v) is 5.30. The standard InChI is InChI=1S/C16H24N4/c1-14-18-13-16(12-17-10-7-11-19(2)3)20(14)15-8-5-4-6-9-15/h4-6,8-9,13,17H,7,10-12H2,1-3H3. The Balaban J connectivity index is 1.96. The van der Waals surface area contributed by atoms with Gasteiger partial charge in [0.15, 0.2) is 0 Å². The lowest BCUT2D eigenvalue weighted by molar-refractivity contribution is 0.394. The van der Waals surface area contributed by atoms with Crippen molar-refractivity contribution in [1.82, 2.24) is 19.8 Å². The quantitative estimate of drug-likeness (QED) is 0.785. The van der Waals surface area contributed by atoms with Crippen LogP contribution in [0.1, 0.15) is 17.9 Å². The van der Waals surface area contributed by atoms with Gasteiger partial charge >= 0.3 is 0 Å². The summed E-state index contributed by atoms with van der Waals surface area (Å²) in [6, 6.07) is 10.4. The molecule has 1 N–H and O–H groups in total. The molecular formula is C16H24N4. The molecule has 20 heavy (non-hydrogen) atoms. The predicted molar refractivity (Wildman–Crippen MR) is 83.2 cm³/mol. The van der Waals surface area contributed by atoms with Crippen molar-refractivity contribution in [3.63, 3.8) is 0 Å². The molecule has 0 bridgehead atoms. The molecular weight excluding hydrogens is 248 g/mol. The minimum atomic E-state index is 0.850. The highest BCUT2D eigenvalue weighted by atomic mass is 15.1. The number of rotatable bonds is 7. The van der Waals surface area contributed by atoms with E-state index in [2.05, 4.69) is 58.1 Å². The van der Waals surface area contributed by atoms with Crippen LogP contribution in [0.15, 0.2) is 36.5 Å². The van der Waals surface area contributed by atoms with Crippen LogP contribution in [0.5, 0.6) is 0 Å². The first-order valence-electron chi connectivity index (χ1n) is 7.12. The third-order valence-electron chi connectivity index (χ3n) is 3.29. The molecule has 0 fully saturated rings. The zero-order valence-electron chi connectivity index (χ0n) is 12.6. The topological polar surface area (TPSA) is 33.1 Å². The van der Waals surface area contributed by atoms with Crippen molar-refractivity contribution in [2.45, 2.75) is 19.9 Å². The van der Waals surface area contributed by atoms with Crippen molar-refractivity contribution in [1.29, 1.82) is 0 Å². The highest BCUT2D eigenvalue weighted by Gasteiger charge is 2.07. The average molecular weight is 272 g/mol. The van der Waals surface area contributed by atoms with E-state index in [1.807, 2.05) is 19.2 Å². The smallest absolute Gasteiger partial charge is 0.110 e. The van der Waals surface area contributed by atoms with Crippen LogP contribution in [0.2, 0.25) is 0 Å². The van der Waals surface area contributed by atoms with Crippen molar-refractivity contribution in [3.8, 4) is 5.69 Å². The van der Waals surface area contributed by atoms with Crippen LogP contribution in [-0.2, 0) is 6.54 Å². The summed E-state index contributed by atoms with van der Waals surface area (Å²) in [6.45, 7) is 5.03. The Kier molecular flexibility index (Phi) is 5.32. The number of imidazole rings is 1. The molecule has 1 heterocycles. The van der Waals surface area contributed by atoms with Crippen LogP contribution < -0.4 is 5.32 Å². The van der Waals surface area contributed by atoms with E-state index in [-0.39, 0.29) is 0 Å². The van der Waals surface area contributed by atoms with Gasteiger partial charge in [-0.25, -0.2) is 4.98 Å². The number of nitrogens with one attached hydrogen (secondary N) is 1. The number of hydrogen-bond acceptors (Lipinski definition) is 3. The van der Waals surface area contributed by atoms with Crippen molar-refractivity contribution >= 4 is 0 Å². The number of aryl methyl sites for hydroxylation is 1. The number of aromatic nitrogens is 2. The average Bonchev–Trinajstić information content (AvgIpc) is 2.80. The molecule has 2 aromatic rings. The molecule has 0 amide bonds. The molecule has 1 aromatic heterocycles. The zero-order valence-corrected chi connectivity index (χ0v) is 12.6. The molecule has 0 aliphatic rings. The SMILES string of the molecule is Cc1ncc(CNCCCN(C)C)n1-c1ccccc1. The number of nitrogens with zero attached hydrogens (tertiary/aromatic N) is 3. The van der Waals surface area contributed by atoms with E-state index in [1.54, 1.807) is 0 Å². The Labute approximate surface area is 121 Å². The van der Waals surface area contributed by atoms with Gasteiger partial charge in [0, 0.05) is 12.2 Å². The largest absolute Gasteiger partial charge is 0.311 e. The number of benzene rings is 1. The van der Waals surface area contributed by atoms with Crippen molar-refractivity contribution in [2.24, 2.45) is 0 Å². The van der Waals surface area contributed by atoms with Gasteiger partial charge in [-0.05, 0) is 52.7 Å². The normalized spacial score (nSPS) is 11.2. The molecule has 0 unspecified atom stereocenters. The summed E-state index contributed by atoms with van der Waals surface area (Å²) in [4.78, 5) is 6.64. The first kappa shape index (κ1) is 14.8. The second kappa shape index (κ2) is 7.22. The van der Waals surface area contributed by atoms with Crippen LogP contribution in [0, 0.1) is 6.92 Å². The Morgan fingerprint density at radius 2 is 1.95 bits per heavy atom. The summed E-state index contributed by atoms with van der Waals surface area (Å²) < 4.78 is 2.21. The lowest BCUT2D eigenvalue weighted by Gasteiger charge is -2.12. The maximum Gasteiger partial charge on any atom is 0.110 e. The van der Waals surface area contributed by atoms with E-state index in [9.17, 15) is 0 Å². The van der Waals surface area contributed by atoms with Gasteiger partial charge in [0.1, 0.15) is 5.82 Å². The molecule has 0 aliphatic carbocycles. The fraction of sp³-hybridized carbons (Fsp3) is 0.438. The van der Waals surface area contributed by atoms with Crippen molar-refractivity contribution < 1.29 is 0 Å². The second-order valence-electron chi connectivity index (χ2n) is 5.30. The minimum absolute atomic E-state index is 0.850.